The smallest absolute Gasteiger partial charge is 0.307 e. The third-order valence-corrected chi connectivity index (χ3v) is 3.55. The van der Waals surface area contributed by atoms with Crippen molar-refractivity contribution in [3.05, 3.63) is 0 Å². The van der Waals surface area contributed by atoms with Crippen molar-refractivity contribution in [2.75, 3.05) is 25.6 Å². The molecule has 0 amide bonds. The molecule has 0 aromatic carbocycles. The average molecular weight is 237 g/mol. The number of carboxylic acid groups (broad SMARTS) is 1. The van der Waals surface area contributed by atoms with Crippen LogP contribution < -0.4 is 0 Å². The third-order valence-electron chi connectivity index (χ3n) is 2.62. The van der Waals surface area contributed by atoms with Crippen LogP contribution in [0, 0.1) is 5.92 Å². The minimum Gasteiger partial charge on any atom is -0.481 e. The number of carboxylic acids is 1. The van der Waals surface area contributed by atoms with E-state index < -0.39 is 21.7 Å². The zero-order valence-corrected chi connectivity index (χ0v) is 10.4. The Morgan fingerprint density at radius 1 is 1.40 bits per heavy atom. The molecule has 0 aliphatic carbocycles. The van der Waals surface area contributed by atoms with Crippen LogP contribution in [0.1, 0.15) is 13.8 Å². The highest BCUT2D eigenvalue weighted by Crippen LogP contribution is 2.09. The van der Waals surface area contributed by atoms with Crippen molar-refractivity contribution in [1.82, 2.24) is 4.90 Å². The molecule has 0 rings (SSSR count). The van der Waals surface area contributed by atoms with Crippen molar-refractivity contribution in [3.8, 4) is 0 Å². The fourth-order valence-corrected chi connectivity index (χ4v) is 1.72. The maximum absolute atomic E-state index is 10.9. The molecule has 1 N–H and O–H groups in total. The molecule has 0 heterocycles. The predicted molar refractivity (Wildman–Crippen MR) is 58.6 cm³/mol. The quantitative estimate of drug-likeness (QED) is 0.707. The molecule has 0 aliphatic heterocycles. The molecule has 15 heavy (non-hydrogen) atoms. The Hall–Kier alpha value is -0.620. The monoisotopic (exact) mass is 237 g/mol. The van der Waals surface area contributed by atoms with Gasteiger partial charge in [-0.15, -0.1) is 0 Å². The summed E-state index contributed by atoms with van der Waals surface area (Å²) in [6.07, 6.45) is 1.17. The number of hydrogen-bond donors (Lipinski definition) is 1. The van der Waals surface area contributed by atoms with Gasteiger partial charge in [0.2, 0.25) is 0 Å². The number of sulfone groups is 1. The van der Waals surface area contributed by atoms with Crippen LogP contribution in [-0.4, -0.2) is 56.0 Å². The normalized spacial score (nSPS) is 16.3. The van der Waals surface area contributed by atoms with Crippen molar-refractivity contribution in [2.24, 2.45) is 5.92 Å². The van der Waals surface area contributed by atoms with Crippen LogP contribution >= 0.6 is 0 Å². The molecular formula is C9H19NO4S. The molecule has 0 spiro atoms. The molecule has 6 heteroatoms. The summed E-state index contributed by atoms with van der Waals surface area (Å²) in [6.45, 7) is 3.75. The van der Waals surface area contributed by atoms with Gasteiger partial charge in [-0.1, -0.05) is 6.92 Å². The molecule has 5 nitrogen and oxygen atoms in total. The van der Waals surface area contributed by atoms with Gasteiger partial charge in [-0.05, 0) is 14.0 Å². The van der Waals surface area contributed by atoms with E-state index in [4.69, 9.17) is 5.11 Å². The first-order valence-corrected chi connectivity index (χ1v) is 6.82. The van der Waals surface area contributed by atoms with Gasteiger partial charge in [-0.2, -0.15) is 0 Å². The summed E-state index contributed by atoms with van der Waals surface area (Å²) in [6, 6.07) is -0.177. The van der Waals surface area contributed by atoms with E-state index in [9.17, 15) is 13.2 Å². The number of carbonyl (C=O) groups is 1. The van der Waals surface area contributed by atoms with E-state index in [1.807, 2.05) is 0 Å². The molecule has 0 fully saturated rings. The zero-order chi connectivity index (χ0) is 12.2. The molecule has 2 atom stereocenters. The van der Waals surface area contributed by atoms with Crippen molar-refractivity contribution in [3.63, 3.8) is 0 Å². The van der Waals surface area contributed by atoms with Gasteiger partial charge in [0.25, 0.3) is 0 Å². The number of rotatable bonds is 6. The van der Waals surface area contributed by atoms with E-state index in [1.165, 1.54) is 6.26 Å². The van der Waals surface area contributed by atoms with Gasteiger partial charge < -0.3 is 10.0 Å². The second-order valence-corrected chi connectivity index (χ2v) is 6.24. The SMILES string of the molecule is CC(C(=O)O)C(C)N(C)CCS(C)(=O)=O. The van der Waals surface area contributed by atoms with Crippen LogP contribution in [0.5, 0.6) is 0 Å². The second kappa shape index (κ2) is 5.46. The molecule has 0 aliphatic rings. The first-order chi connectivity index (χ1) is 6.65. The van der Waals surface area contributed by atoms with Gasteiger partial charge >= 0.3 is 5.97 Å². The summed E-state index contributed by atoms with van der Waals surface area (Å²) in [5.41, 5.74) is 0. The van der Waals surface area contributed by atoms with E-state index in [-0.39, 0.29) is 11.8 Å². The van der Waals surface area contributed by atoms with Gasteiger partial charge in [0.1, 0.15) is 9.84 Å². The summed E-state index contributed by atoms with van der Waals surface area (Å²) in [4.78, 5) is 12.5. The molecule has 0 saturated heterocycles. The molecule has 90 valence electrons. The largest absolute Gasteiger partial charge is 0.481 e. The van der Waals surface area contributed by atoms with E-state index in [1.54, 1.807) is 25.8 Å². The predicted octanol–water partition coefficient (Wildman–Crippen LogP) is 0.0720. The molecule has 0 aromatic heterocycles. The highest BCUT2D eigenvalue weighted by atomic mass is 32.2. The highest BCUT2D eigenvalue weighted by Gasteiger charge is 2.23. The topological polar surface area (TPSA) is 74.7 Å². The Morgan fingerprint density at radius 2 is 1.87 bits per heavy atom. The summed E-state index contributed by atoms with van der Waals surface area (Å²) in [7, 11) is -1.26. The Bertz CT molecular complexity index is 312. The summed E-state index contributed by atoms with van der Waals surface area (Å²) in [5.74, 6) is -1.32. The van der Waals surface area contributed by atoms with Gasteiger partial charge in [-0.3, -0.25) is 4.79 Å². The Labute approximate surface area is 91.0 Å². The Kier molecular flexibility index (Phi) is 5.23. The lowest BCUT2D eigenvalue weighted by Crippen LogP contribution is -2.40. The minimum absolute atomic E-state index is 0.0557. The maximum Gasteiger partial charge on any atom is 0.307 e. The van der Waals surface area contributed by atoms with Crippen LogP contribution in [0.3, 0.4) is 0 Å². The van der Waals surface area contributed by atoms with Crippen molar-refractivity contribution in [1.29, 1.82) is 0 Å². The lowest BCUT2D eigenvalue weighted by atomic mass is 10.0. The fraction of sp³-hybridized carbons (Fsp3) is 0.889. The first-order valence-electron chi connectivity index (χ1n) is 4.76. The van der Waals surface area contributed by atoms with Crippen LogP contribution in [0.4, 0.5) is 0 Å². The summed E-state index contributed by atoms with van der Waals surface area (Å²) < 4.78 is 21.8. The van der Waals surface area contributed by atoms with Gasteiger partial charge in [0.05, 0.1) is 11.7 Å². The first kappa shape index (κ1) is 14.4. The fourth-order valence-electron chi connectivity index (χ4n) is 1.10. The third kappa shape index (κ3) is 5.74. The minimum atomic E-state index is -2.99. The molecule has 0 radical (unpaired) electrons. The lowest BCUT2D eigenvalue weighted by Gasteiger charge is -2.27. The highest BCUT2D eigenvalue weighted by molar-refractivity contribution is 7.90. The van der Waals surface area contributed by atoms with Crippen LogP contribution in [-0.2, 0) is 14.6 Å². The average Bonchev–Trinajstić information content (AvgIpc) is 2.10. The Balaban J connectivity index is 4.22. The number of aliphatic carboxylic acids is 1. The van der Waals surface area contributed by atoms with Crippen molar-refractivity contribution >= 4 is 15.8 Å². The Morgan fingerprint density at radius 3 is 2.20 bits per heavy atom. The van der Waals surface area contributed by atoms with Crippen LogP contribution in [0.15, 0.2) is 0 Å². The van der Waals surface area contributed by atoms with Gasteiger partial charge in [0, 0.05) is 18.8 Å². The van der Waals surface area contributed by atoms with Gasteiger partial charge in [-0.25, -0.2) is 8.42 Å². The molecule has 0 aromatic rings. The molecule has 2 unspecified atom stereocenters. The zero-order valence-electron chi connectivity index (χ0n) is 9.60. The van der Waals surface area contributed by atoms with E-state index in [2.05, 4.69) is 0 Å². The van der Waals surface area contributed by atoms with Crippen molar-refractivity contribution in [2.45, 2.75) is 19.9 Å². The number of nitrogens with zero attached hydrogens (tertiary/aromatic N) is 1. The lowest BCUT2D eigenvalue weighted by molar-refractivity contribution is -0.143. The van der Waals surface area contributed by atoms with Crippen LogP contribution in [0.2, 0.25) is 0 Å². The molecule has 0 saturated carbocycles. The van der Waals surface area contributed by atoms with E-state index in [0.717, 1.165) is 0 Å². The summed E-state index contributed by atoms with van der Waals surface area (Å²) >= 11 is 0. The van der Waals surface area contributed by atoms with E-state index >= 15 is 0 Å². The standard InChI is InChI=1S/C9H19NO4S/c1-7(9(11)12)8(2)10(3)5-6-15(4,13)14/h7-8H,5-6H2,1-4H3,(H,11,12). The number of hydrogen-bond acceptors (Lipinski definition) is 4. The summed E-state index contributed by atoms with van der Waals surface area (Å²) in [5, 5.41) is 8.78. The maximum atomic E-state index is 10.9. The van der Waals surface area contributed by atoms with Crippen LogP contribution in [0.25, 0.3) is 0 Å². The molecular weight excluding hydrogens is 218 g/mol. The second-order valence-electron chi connectivity index (χ2n) is 3.98. The van der Waals surface area contributed by atoms with E-state index in [0.29, 0.717) is 6.54 Å². The van der Waals surface area contributed by atoms with Gasteiger partial charge in [0.15, 0.2) is 0 Å². The molecule has 0 bridgehead atoms. The van der Waals surface area contributed by atoms with Crippen molar-refractivity contribution < 1.29 is 18.3 Å².